The van der Waals surface area contributed by atoms with Crippen LogP contribution in [-0.2, 0) is 22.4 Å². The van der Waals surface area contributed by atoms with E-state index in [0.717, 1.165) is 49.7 Å². The normalized spacial score (nSPS) is 10.7. The summed E-state index contributed by atoms with van der Waals surface area (Å²) in [6, 6.07) is 15.8. The molecule has 30 heavy (non-hydrogen) atoms. The van der Waals surface area contributed by atoms with Gasteiger partial charge in [-0.15, -0.1) is 0 Å². The lowest BCUT2D eigenvalue weighted by Crippen LogP contribution is -1.90. The van der Waals surface area contributed by atoms with Crippen molar-refractivity contribution in [3.8, 4) is 0 Å². The summed E-state index contributed by atoms with van der Waals surface area (Å²) < 4.78 is 0. The van der Waals surface area contributed by atoms with E-state index >= 15 is 0 Å². The van der Waals surface area contributed by atoms with Crippen LogP contribution < -0.4 is 0 Å². The molecule has 0 unspecified atom stereocenters. The maximum absolute atomic E-state index is 10.4. The van der Waals surface area contributed by atoms with Gasteiger partial charge in [0.15, 0.2) is 0 Å². The van der Waals surface area contributed by atoms with Crippen LogP contribution in [0.1, 0.15) is 61.8 Å². The Balaban J connectivity index is 0.000000300. The molecule has 0 aliphatic rings. The molecule has 0 aliphatic carbocycles. The third-order valence-corrected chi connectivity index (χ3v) is 4.52. The molecule has 160 valence electrons. The van der Waals surface area contributed by atoms with Crippen LogP contribution >= 0.6 is 0 Å². The van der Waals surface area contributed by atoms with Crippen LogP contribution in [-0.4, -0.2) is 22.2 Å². The maximum atomic E-state index is 10.4. The van der Waals surface area contributed by atoms with Crippen molar-refractivity contribution < 1.29 is 19.8 Å². The summed E-state index contributed by atoms with van der Waals surface area (Å²) in [4.78, 5) is 20.8. The largest absolute Gasteiger partial charge is 0.478 e. The number of carboxylic acids is 2. The lowest BCUT2D eigenvalue weighted by molar-refractivity contribution is -0.132. The van der Waals surface area contributed by atoms with E-state index in [-0.39, 0.29) is 0 Å². The average Bonchev–Trinajstić information content (AvgIpc) is 2.74. The van der Waals surface area contributed by atoms with Crippen LogP contribution in [0.15, 0.2) is 60.7 Å². The van der Waals surface area contributed by atoms with Crippen molar-refractivity contribution in [3.63, 3.8) is 0 Å². The van der Waals surface area contributed by atoms with Gasteiger partial charge in [-0.25, -0.2) is 9.59 Å². The second-order valence-corrected chi connectivity index (χ2v) is 6.95. The van der Waals surface area contributed by atoms with Crippen molar-refractivity contribution in [2.45, 2.75) is 52.4 Å². The van der Waals surface area contributed by atoms with Crippen LogP contribution in [0.5, 0.6) is 0 Å². The number of aryl methyl sites for hydroxylation is 2. The topological polar surface area (TPSA) is 74.6 Å². The zero-order valence-corrected chi connectivity index (χ0v) is 17.9. The van der Waals surface area contributed by atoms with E-state index in [0.29, 0.717) is 0 Å². The molecule has 0 atom stereocenters. The molecule has 4 nitrogen and oxygen atoms in total. The third kappa shape index (κ3) is 10.4. The minimum atomic E-state index is -0.903. The summed E-state index contributed by atoms with van der Waals surface area (Å²) in [7, 11) is 0. The number of rotatable bonds is 10. The second-order valence-electron chi connectivity index (χ2n) is 6.95. The molecule has 0 aromatic heterocycles. The van der Waals surface area contributed by atoms with Gasteiger partial charge in [-0.2, -0.15) is 0 Å². The Morgan fingerprint density at radius 3 is 1.40 bits per heavy atom. The van der Waals surface area contributed by atoms with Crippen LogP contribution in [0.4, 0.5) is 0 Å². The molecule has 2 aromatic carbocycles. The van der Waals surface area contributed by atoms with Crippen LogP contribution in [0.2, 0.25) is 0 Å². The standard InChI is InChI=1S/2C13H16O2/c2*1-2-3-6-11-7-4-5-8-12(11)9-10-13(14)15/h2*4-5,7-10H,2-3,6H2,1H3,(H,14,15)/b2*10-9+. The van der Waals surface area contributed by atoms with Crippen molar-refractivity contribution in [2.24, 2.45) is 0 Å². The summed E-state index contributed by atoms with van der Waals surface area (Å²) in [5.41, 5.74) is 4.45. The molecule has 2 rings (SSSR count). The first-order chi connectivity index (χ1) is 14.5. The molecule has 0 aliphatic heterocycles. The van der Waals surface area contributed by atoms with E-state index in [1.54, 1.807) is 12.2 Å². The number of hydrogen-bond donors (Lipinski definition) is 2. The van der Waals surface area contributed by atoms with E-state index in [9.17, 15) is 9.59 Å². The van der Waals surface area contributed by atoms with Gasteiger partial charge in [0.1, 0.15) is 0 Å². The van der Waals surface area contributed by atoms with Gasteiger partial charge in [-0.3, -0.25) is 0 Å². The first-order valence-electron chi connectivity index (χ1n) is 10.5. The predicted octanol–water partition coefficient (Wildman–Crippen LogP) is 6.25. The molecule has 0 spiro atoms. The highest BCUT2D eigenvalue weighted by molar-refractivity contribution is 5.86. The van der Waals surface area contributed by atoms with Gasteiger partial charge >= 0.3 is 11.9 Å². The first-order valence-corrected chi connectivity index (χ1v) is 10.5. The lowest BCUT2D eigenvalue weighted by Gasteiger charge is -2.04. The molecular formula is C26H32O4. The maximum Gasteiger partial charge on any atom is 0.328 e. The van der Waals surface area contributed by atoms with Crippen LogP contribution in [0.3, 0.4) is 0 Å². The number of aliphatic carboxylic acids is 2. The van der Waals surface area contributed by atoms with Crippen LogP contribution in [0, 0.1) is 0 Å². The van der Waals surface area contributed by atoms with Gasteiger partial charge in [0.25, 0.3) is 0 Å². The van der Waals surface area contributed by atoms with E-state index in [4.69, 9.17) is 10.2 Å². The Bertz CT molecular complexity index is 778. The monoisotopic (exact) mass is 408 g/mol. The zero-order valence-electron chi connectivity index (χ0n) is 17.9. The average molecular weight is 409 g/mol. The zero-order chi connectivity index (χ0) is 22.2. The minimum absolute atomic E-state index is 0.903. The molecule has 0 heterocycles. The Hall–Kier alpha value is -3.14. The molecule has 0 amide bonds. The summed E-state index contributed by atoms with van der Waals surface area (Å²) in [5, 5.41) is 17.1. The smallest absolute Gasteiger partial charge is 0.328 e. The summed E-state index contributed by atoms with van der Waals surface area (Å²) in [6.45, 7) is 4.30. The fraction of sp³-hybridized carbons (Fsp3) is 0.308. The molecule has 0 bridgehead atoms. The first kappa shape index (κ1) is 24.9. The Labute approximate surface area is 179 Å². The SMILES string of the molecule is CCCCc1ccccc1/C=C/C(=O)O.CCCCc1ccccc1/C=C/C(=O)O. The molecular weight excluding hydrogens is 376 g/mol. The van der Waals surface area contributed by atoms with Gasteiger partial charge in [0.2, 0.25) is 0 Å². The highest BCUT2D eigenvalue weighted by Gasteiger charge is 1.99. The molecule has 0 fully saturated rings. The quantitative estimate of drug-likeness (QED) is 0.455. The van der Waals surface area contributed by atoms with Crippen LogP contribution in [0.25, 0.3) is 12.2 Å². The van der Waals surface area contributed by atoms with E-state index in [1.165, 1.54) is 23.3 Å². The van der Waals surface area contributed by atoms with Crippen molar-refractivity contribution in [2.75, 3.05) is 0 Å². The van der Waals surface area contributed by atoms with E-state index < -0.39 is 11.9 Å². The lowest BCUT2D eigenvalue weighted by atomic mass is 10.0. The summed E-state index contributed by atoms with van der Waals surface area (Å²) >= 11 is 0. The van der Waals surface area contributed by atoms with Crippen molar-refractivity contribution >= 4 is 24.1 Å². The minimum Gasteiger partial charge on any atom is -0.478 e. The highest BCUT2D eigenvalue weighted by Crippen LogP contribution is 2.14. The summed E-state index contributed by atoms with van der Waals surface area (Å²) in [5.74, 6) is -1.81. The highest BCUT2D eigenvalue weighted by atomic mass is 16.4. The number of hydrogen-bond acceptors (Lipinski definition) is 2. The van der Waals surface area contributed by atoms with Crippen molar-refractivity contribution in [1.29, 1.82) is 0 Å². The number of carbonyl (C=O) groups is 2. The van der Waals surface area contributed by atoms with Crippen molar-refractivity contribution in [3.05, 3.63) is 82.9 Å². The van der Waals surface area contributed by atoms with Gasteiger partial charge in [0, 0.05) is 12.2 Å². The van der Waals surface area contributed by atoms with E-state index in [2.05, 4.69) is 26.0 Å². The molecule has 4 heteroatoms. The summed E-state index contributed by atoms with van der Waals surface area (Å²) in [6.07, 6.45) is 12.3. The second kappa shape index (κ2) is 14.8. The molecule has 0 radical (unpaired) electrons. The number of unbranched alkanes of at least 4 members (excludes halogenated alkanes) is 2. The number of benzene rings is 2. The Morgan fingerprint density at radius 2 is 1.07 bits per heavy atom. The van der Waals surface area contributed by atoms with Crippen molar-refractivity contribution in [1.82, 2.24) is 0 Å². The van der Waals surface area contributed by atoms with E-state index in [1.807, 2.05) is 36.4 Å². The molecule has 0 saturated heterocycles. The molecule has 2 aromatic rings. The van der Waals surface area contributed by atoms with Gasteiger partial charge < -0.3 is 10.2 Å². The fourth-order valence-corrected chi connectivity index (χ4v) is 2.91. The van der Waals surface area contributed by atoms with Gasteiger partial charge in [0.05, 0.1) is 0 Å². The fourth-order valence-electron chi connectivity index (χ4n) is 2.91. The van der Waals surface area contributed by atoms with Gasteiger partial charge in [-0.1, -0.05) is 75.2 Å². The Morgan fingerprint density at radius 1 is 0.700 bits per heavy atom. The third-order valence-electron chi connectivity index (χ3n) is 4.52. The molecule has 0 saturated carbocycles. The predicted molar refractivity (Wildman–Crippen MR) is 123 cm³/mol. The van der Waals surface area contributed by atoms with Gasteiger partial charge in [-0.05, 0) is 60.1 Å². The molecule has 2 N–H and O–H groups in total. The Kier molecular flexibility index (Phi) is 12.3. The number of carboxylic acid groups (broad SMARTS) is 2.